The van der Waals surface area contributed by atoms with Crippen LogP contribution in [0.2, 0.25) is 0 Å². The highest BCUT2D eigenvalue weighted by Crippen LogP contribution is 2.26. The van der Waals surface area contributed by atoms with E-state index in [1.54, 1.807) is 6.08 Å². The lowest BCUT2D eigenvalue weighted by Crippen LogP contribution is -2.12. The molecule has 1 N–H and O–H groups in total. The van der Waals surface area contributed by atoms with Gasteiger partial charge < -0.3 is 14.8 Å². The third-order valence-corrected chi connectivity index (χ3v) is 3.98. The topological polar surface area (TPSA) is 47.6 Å². The minimum atomic E-state index is -0.460. The zero-order valence-electron chi connectivity index (χ0n) is 14.0. The van der Waals surface area contributed by atoms with Crippen LogP contribution in [0.25, 0.3) is 6.08 Å². The molecule has 4 rings (SSSR count). The Morgan fingerprint density at radius 3 is 2.31 bits per heavy atom. The van der Waals surface area contributed by atoms with Crippen LogP contribution in [-0.4, -0.2) is 5.97 Å². The highest BCUT2D eigenvalue weighted by atomic mass is 16.6. The highest BCUT2D eigenvalue weighted by Gasteiger charge is 2.28. The van der Waals surface area contributed by atoms with E-state index in [2.05, 4.69) is 5.32 Å². The van der Waals surface area contributed by atoms with E-state index in [1.165, 1.54) is 0 Å². The molecule has 26 heavy (non-hydrogen) atoms. The van der Waals surface area contributed by atoms with E-state index in [-0.39, 0.29) is 5.97 Å². The molecule has 0 bridgehead atoms. The molecular formula is C22H17NO3. The molecule has 0 spiro atoms. The lowest BCUT2D eigenvalue weighted by Gasteiger charge is -2.09. The van der Waals surface area contributed by atoms with Crippen molar-refractivity contribution in [3.63, 3.8) is 0 Å². The summed E-state index contributed by atoms with van der Waals surface area (Å²) in [6.07, 6.45) is 1.31. The lowest BCUT2D eigenvalue weighted by molar-refractivity contribution is -0.139. The summed E-state index contributed by atoms with van der Waals surface area (Å²) in [7, 11) is 0. The van der Waals surface area contributed by atoms with Gasteiger partial charge in [-0.2, -0.15) is 0 Å². The van der Waals surface area contributed by atoms with Crippen LogP contribution in [0.5, 0.6) is 11.5 Å². The molecule has 1 atom stereocenters. The number of hydrogen-bond donors (Lipinski definition) is 1. The Kier molecular flexibility index (Phi) is 4.39. The van der Waals surface area contributed by atoms with Gasteiger partial charge in [-0.3, -0.25) is 0 Å². The fourth-order valence-electron chi connectivity index (χ4n) is 2.74. The van der Waals surface area contributed by atoms with Crippen LogP contribution in [0, 0.1) is 0 Å². The minimum Gasteiger partial charge on any atom is -0.457 e. The SMILES string of the molecule is O=C1OC(c2ccccc2)N/C1=C\c1cccc(Oc2ccccc2)c1. The van der Waals surface area contributed by atoms with Crippen LogP contribution in [0.15, 0.2) is 90.6 Å². The summed E-state index contributed by atoms with van der Waals surface area (Å²) in [5.74, 6) is 1.10. The summed E-state index contributed by atoms with van der Waals surface area (Å²) in [4.78, 5) is 12.2. The third-order valence-electron chi connectivity index (χ3n) is 3.98. The maximum Gasteiger partial charge on any atom is 0.356 e. The number of hydrogen-bond acceptors (Lipinski definition) is 4. The van der Waals surface area contributed by atoms with Crippen molar-refractivity contribution in [2.45, 2.75) is 6.23 Å². The van der Waals surface area contributed by atoms with Gasteiger partial charge in [0.1, 0.15) is 17.2 Å². The Hall–Kier alpha value is -3.53. The van der Waals surface area contributed by atoms with Gasteiger partial charge in [-0.15, -0.1) is 0 Å². The summed E-state index contributed by atoms with van der Waals surface area (Å²) in [5.41, 5.74) is 2.19. The number of para-hydroxylation sites is 1. The molecular weight excluding hydrogens is 326 g/mol. The summed E-state index contributed by atoms with van der Waals surface area (Å²) in [5, 5.41) is 3.12. The van der Waals surface area contributed by atoms with Crippen LogP contribution < -0.4 is 10.1 Å². The molecule has 4 nitrogen and oxygen atoms in total. The van der Waals surface area contributed by atoms with E-state index >= 15 is 0 Å². The molecule has 0 amide bonds. The lowest BCUT2D eigenvalue weighted by atomic mass is 10.1. The highest BCUT2D eigenvalue weighted by molar-refractivity contribution is 5.95. The van der Waals surface area contributed by atoms with Gasteiger partial charge in [0.15, 0.2) is 6.23 Å². The van der Waals surface area contributed by atoms with E-state index in [0.717, 1.165) is 16.9 Å². The standard InChI is InChI=1S/C22H17NO3/c24-22-20(23-21(26-22)17-9-3-1-4-10-17)15-16-8-7-13-19(14-16)25-18-11-5-2-6-12-18/h1-15,21,23H/b20-15-. The second-order valence-electron chi connectivity index (χ2n) is 5.89. The zero-order valence-corrected chi connectivity index (χ0v) is 14.0. The summed E-state index contributed by atoms with van der Waals surface area (Å²) in [6, 6.07) is 26.7. The minimum absolute atomic E-state index is 0.367. The predicted octanol–water partition coefficient (Wildman–Crippen LogP) is 4.67. The van der Waals surface area contributed by atoms with Gasteiger partial charge in [0.25, 0.3) is 0 Å². The Morgan fingerprint density at radius 2 is 1.54 bits per heavy atom. The van der Waals surface area contributed by atoms with Gasteiger partial charge in [-0.05, 0) is 35.9 Å². The average Bonchev–Trinajstić information content (AvgIpc) is 3.04. The largest absolute Gasteiger partial charge is 0.457 e. The van der Waals surface area contributed by atoms with Crippen molar-refractivity contribution in [1.82, 2.24) is 5.32 Å². The van der Waals surface area contributed by atoms with E-state index < -0.39 is 6.23 Å². The van der Waals surface area contributed by atoms with E-state index in [4.69, 9.17) is 9.47 Å². The van der Waals surface area contributed by atoms with Gasteiger partial charge >= 0.3 is 5.97 Å². The Morgan fingerprint density at radius 1 is 0.846 bits per heavy atom. The van der Waals surface area contributed by atoms with Crippen molar-refractivity contribution in [1.29, 1.82) is 0 Å². The number of cyclic esters (lactones) is 1. The molecule has 1 aliphatic rings. The van der Waals surface area contributed by atoms with Crippen LogP contribution in [-0.2, 0) is 9.53 Å². The van der Waals surface area contributed by atoms with Crippen LogP contribution in [0.1, 0.15) is 17.4 Å². The van der Waals surface area contributed by atoms with Crippen LogP contribution in [0.4, 0.5) is 0 Å². The van der Waals surface area contributed by atoms with Gasteiger partial charge in [0.2, 0.25) is 0 Å². The maximum atomic E-state index is 12.2. The Balaban J connectivity index is 1.53. The van der Waals surface area contributed by atoms with Crippen LogP contribution in [0.3, 0.4) is 0 Å². The molecule has 4 heteroatoms. The molecule has 0 radical (unpaired) electrons. The molecule has 1 fully saturated rings. The van der Waals surface area contributed by atoms with Crippen LogP contribution >= 0.6 is 0 Å². The summed E-state index contributed by atoms with van der Waals surface area (Å²) in [6.45, 7) is 0. The monoisotopic (exact) mass is 343 g/mol. The number of carbonyl (C=O) groups excluding carboxylic acids is 1. The number of carbonyl (C=O) groups is 1. The second-order valence-corrected chi connectivity index (χ2v) is 5.89. The first-order chi connectivity index (χ1) is 12.8. The summed E-state index contributed by atoms with van der Waals surface area (Å²) < 4.78 is 11.2. The number of benzene rings is 3. The smallest absolute Gasteiger partial charge is 0.356 e. The predicted molar refractivity (Wildman–Crippen MR) is 99.3 cm³/mol. The Bertz CT molecular complexity index is 936. The maximum absolute atomic E-state index is 12.2. The van der Waals surface area contributed by atoms with E-state index in [1.807, 2.05) is 84.9 Å². The first-order valence-corrected chi connectivity index (χ1v) is 8.35. The van der Waals surface area contributed by atoms with Gasteiger partial charge in [-0.25, -0.2) is 4.79 Å². The molecule has 1 aliphatic heterocycles. The Labute approximate surface area is 151 Å². The molecule has 3 aromatic carbocycles. The van der Waals surface area contributed by atoms with Gasteiger partial charge in [0, 0.05) is 5.56 Å². The molecule has 1 saturated heterocycles. The second kappa shape index (κ2) is 7.15. The van der Waals surface area contributed by atoms with Crippen molar-refractivity contribution in [3.05, 3.63) is 102 Å². The molecule has 0 saturated carbocycles. The quantitative estimate of drug-likeness (QED) is 0.553. The van der Waals surface area contributed by atoms with Crippen molar-refractivity contribution in [2.24, 2.45) is 0 Å². The molecule has 0 aliphatic carbocycles. The number of esters is 1. The van der Waals surface area contributed by atoms with Crippen molar-refractivity contribution < 1.29 is 14.3 Å². The third kappa shape index (κ3) is 3.59. The first kappa shape index (κ1) is 16.0. The van der Waals surface area contributed by atoms with E-state index in [0.29, 0.717) is 11.4 Å². The molecule has 1 heterocycles. The van der Waals surface area contributed by atoms with Gasteiger partial charge in [0.05, 0.1) is 0 Å². The molecule has 128 valence electrons. The fourth-order valence-corrected chi connectivity index (χ4v) is 2.74. The molecule has 3 aromatic rings. The zero-order chi connectivity index (χ0) is 17.8. The van der Waals surface area contributed by atoms with E-state index in [9.17, 15) is 4.79 Å². The van der Waals surface area contributed by atoms with Crippen molar-refractivity contribution in [3.8, 4) is 11.5 Å². The number of nitrogens with one attached hydrogen (secondary N) is 1. The summed E-state index contributed by atoms with van der Waals surface area (Å²) >= 11 is 0. The van der Waals surface area contributed by atoms with Gasteiger partial charge in [-0.1, -0.05) is 60.7 Å². The molecule has 1 unspecified atom stereocenters. The normalized spacial score (nSPS) is 17.6. The van der Waals surface area contributed by atoms with Crippen molar-refractivity contribution >= 4 is 12.0 Å². The number of ether oxygens (including phenoxy) is 2. The average molecular weight is 343 g/mol. The first-order valence-electron chi connectivity index (χ1n) is 8.35. The fraction of sp³-hybridized carbons (Fsp3) is 0.0455. The molecule has 0 aromatic heterocycles. The number of rotatable bonds is 4. The van der Waals surface area contributed by atoms with Crippen molar-refractivity contribution in [2.75, 3.05) is 0 Å².